The van der Waals surface area contributed by atoms with Crippen molar-refractivity contribution in [2.45, 2.75) is 13.3 Å². The fraction of sp³-hybridized carbons (Fsp3) is 0.217. The highest BCUT2D eigenvalue weighted by atomic mass is 32.1. The average molecular weight is 441 g/mol. The molecule has 1 amide bonds. The van der Waals surface area contributed by atoms with Crippen molar-refractivity contribution >= 4 is 42.6 Å². The van der Waals surface area contributed by atoms with Gasteiger partial charge in [-0.2, -0.15) is 0 Å². The average Bonchev–Trinajstić information content (AvgIpc) is 3.29. The quantitative estimate of drug-likeness (QED) is 0.247. The van der Waals surface area contributed by atoms with Crippen LogP contribution in [0.5, 0.6) is 0 Å². The van der Waals surface area contributed by atoms with Crippen LogP contribution in [0.2, 0.25) is 0 Å². The zero-order valence-electron chi connectivity index (χ0n) is 17.1. The predicted molar refractivity (Wildman–Crippen MR) is 127 cm³/mol. The van der Waals surface area contributed by atoms with Gasteiger partial charge in [-0.25, -0.2) is 0 Å². The molecule has 0 spiro atoms. The Bertz CT molecular complexity index is 1000. The van der Waals surface area contributed by atoms with E-state index in [1.807, 2.05) is 43.2 Å². The largest absolute Gasteiger partial charge is 0.397 e. The number of anilines is 2. The maximum Gasteiger partial charge on any atom is 0.255 e. The molecule has 3 rings (SSSR count). The molecule has 1 atom stereocenters. The Morgan fingerprint density at radius 2 is 1.83 bits per heavy atom. The minimum Gasteiger partial charge on any atom is -0.397 e. The first-order valence-electron chi connectivity index (χ1n) is 9.70. The van der Waals surface area contributed by atoms with E-state index in [9.17, 15) is 9.59 Å². The number of amides is 1. The molecule has 0 aliphatic carbocycles. The summed E-state index contributed by atoms with van der Waals surface area (Å²) in [6, 6.07) is 16.3. The van der Waals surface area contributed by atoms with Crippen molar-refractivity contribution in [2.24, 2.45) is 0 Å². The lowest BCUT2D eigenvalue weighted by Gasteiger charge is -2.11. The second-order valence-corrected chi connectivity index (χ2v) is 9.66. The van der Waals surface area contributed by atoms with Gasteiger partial charge in [0.25, 0.3) is 5.91 Å². The van der Waals surface area contributed by atoms with Gasteiger partial charge in [0.15, 0.2) is 5.78 Å². The molecule has 0 aliphatic rings. The van der Waals surface area contributed by atoms with E-state index in [0.29, 0.717) is 35.5 Å². The number of nitrogens with one attached hydrogen (secondary N) is 1. The van der Waals surface area contributed by atoms with Crippen molar-refractivity contribution in [3.05, 3.63) is 71.1 Å². The molecule has 2 aromatic carbocycles. The molecule has 0 fully saturated rings. The van der Waals surface area contributed by atoms with Crippen LogP contribution < -0.4 is 11.1 Å². The maximum atomic E-state index is 12.7. The molecule has 0 saturated heterocycles. The van der Waals surface area contributed by atoms with Gasteiger partial charge in [0, 0.05) is 37.2 Å². The highest BCUT2D eigenvalue weighted by Gasteiger charge is 2.13. The van der Waals surface area contributed by atoms with Crippen LogP contribution in [0.1, 0.15) is 34.1 Å². The molecule has 1 unspecified atom stereocenters. The third-order valence-corrected chi connectivity index (χ3v) is 7.05. The van der Waals surface area contributed by atoms with Gasteiger partial charge in [-0.15, -0.1) is 11.3 Å². The highest BCUT2D eigenvalue weighted by Crippen LogP contribution is 2.33. The number of ketones is 1. The molecule has 1 aromatic heterocycles. The van der Waals surface area contributed by atoms with E-state index in [1.54, 1.807) is 41.7 Å². The number of nitrogen functional groups attached to an aromatic ring is 1. The summed E-state index contributed by atoms with van der Waals surface area (Å²) in [6.07, 6.45) is 1.18. The second kappa shape index (κ2) is 10.5. The number of rotatable bonds is 9. The molecule has 0 radical (unpaired) electrons. The van der Waals surface area contributed by atoms with Crippen molar-refractivity contribution in [1.82, 2.24) is 0 Å². The Hall–Kier alpha value is -2.53. The van der Waals surface area contributed by atoms with E-state index in [2.05, 4.69) is 5.32 Å². The number of thiophene rings is 1. The molecular formula is C23H25N2O3PS. The highest BCUT2D eigenvalue weighted by molar-refractivity contribution is 7.51. The summed E-state index contributed by atoms with van der Waals surface area (Å²) in [5.74, 6) is -0.207. The van der Waals surface area contributed by atoms with E-state index in [4.69, 9.17) is 10.3 Å². The van der Waals surface area contributed by atoms with E-state index in [0.717, 1.165) is 16.6 Å². The van der Waals surface area contributed by atoms with Crippen LogP contribution in [-0.2, 0) is 4.52 Å². The molecule has 0 saturated carbocycles. The van der Waals surface area contributed by atoms with Gasteiger partial charge in [-0.05, 0) is 61.0 Å². The van der Waals surface area contributed by atoms with Gasteiger partial charge in [0.1, 0.15) is 0 Å². The first-order chi connectivity index (χ1) is 14.5. The molecule has 0 bridgehead atoms. The van der Waals surface area contributed by atoms with Gasteiger partial charge in [-0.3, -0.25) is 9.59 Å². The van der Waals surface area contributed by atoms with Crippen molar-refractivity contribution in [3.8, 4) is 10.4 Å². The molecule has 3 aromatic rings. The van der Waals surface area contributed by atoms with E-state index in [-0.39, 0.29) is 11.7 Å². The predicted octanol–water partition coefficient (Wildman–Crippen LogP) is 5.89. The van der Waals surface area contributed by atoms with Crippen LogP contribution in [0.3, 0.4) is 0 Å². The molecule has 156 valence electrons. The summed E-state index contributed by atoms with van der Waals surface area (Å²) < 4.78 is 5.53. The monoisotopic (exact) mass is 440 g/mol. The maximum absolute atomic E-state index is 12.7. The second-order valence-electron chi connectivity index (χ2n) is 6.75. The SMILES string of the molecule is CCOP(C)CCC(=O)c1ccc(C(=O)Nc2cc(-c3cccs3)ccc2N)cc1. The lowest BCUT2D eigenvalue weighted by Crippen LogP contribution is -2.13. The van der Waals surface area contributed by atoms with Crippen LogP contribution in [0.4, 0.5) is 11.4 Å². The Balaban J connectivity index is 1.65. The first-order valence-corrected chi connectivity index (χ1v) is 12.5. The number of Topliss-reactive ketones (excluding diaryl/α,β-unsaturated/α-hetero) is 1. The van der Waals surface area contributed by atoms with Crippen LogP contribution in [-0.4, -0.2) is 31.1 Å². The lowest BCUT2D eigenvalue weighted by molar-refractivity contribution is 0.0985. The summed E-state index contributed by atoms with van der Waals surface area (Å²) in [4.78, 5) is 26.1. The van der Waals surface area contributed by atoms with Crippen LogP contribution in [0.25, 0.3) is 10.4 Å². The van der Waals surface area contributed by atoms with E-state index < -0.39 is 8.15 Å². The van der Waals surface area contributed by atoms with Gasteiger partial charge >= 0.3 is 0 Å². The Morgan fingerprint density at radius 3 is 2.50 bits per heavy atom. The van der Waals surface area contributed by atoms with Crippen LogP contribution in [0.15, 0.2) is 60.0 Å². The Labute approximate surface area is 182 Å². The zero-order valence-corrected chi connectivity index (χ0v) is 18.8. The summed E-state index contributed by atoms with van der Waals surface area (Å²) in [5, 5.41) is 4.88. The first kappa shape index (κ1) is 22.2. The normalized spacial score (nSPS) is 11.8. The third-order valence-electron chi connectivity index (χ3n) is 4.58. The molecule has 30 heavy (non-hydrogen) atoms. The Morgan fingerprint density at radius 1 is 1.10 bits per heavy atom. The fourth-order valence-electron chi connectivity index (χ4n) is 2.95. The fourth-order valence-corrected chi connectivity index (χ4v) is 4.76. The van der Waals surface area contributed by atoms with Crippen molar-refractivity contribution in [2.75, 3.05) is 30.5 Å². The van der Waals surface area contributed by atoms with E-state index in [1.165, 1.54) is 0 Å². The van der Waals surface area contributed by atoms with Crippen LogP contribution >= 0.6 is 19.5 Å². The number of carbonyl (C=O) groups excluding carboxylic acids is 2. The third kappa shape index (κ3) is 5.76. The van der Waals surface area contributed by atoms with Crippen molar-refractivity contribution < 1.29 is 14.1 Å². The summed E-state index contributed by atoms with van der Waals surface area (Å²) in [7, 11) is -0.564. The molecule has 7 heteroatoms. The summed E-state index contributed by atoms with van der Waals surface area (Å²) in [5.41, 5.74) is 9.19. The topological polar surface area (TPSA) is 81.4 Å². The van der Waals surface area contributed by atoms with Crippen molar-refractivity contribution in [1.29, 1.82) is 0 Å². The zero-order chi connectivity index (χ0) is 21.5. The number of nitrogens with two attached hydrogens (primary N) is 1. The van der Waals surface area contributed by atoms with Gasteiger partial charge in [0.05, 0.1) is 11.4 Å². The summed E-state index contributed by atoms with van der Waals surface area (Å²) >= 11 is 1.63. The van der Waals surface area contributed by atoms with Gasteiger partial charge in [-0.1, -0.05) is 24.3 Å². The molecule has 5 nitrogen and oxygen atoms in total. The van der Waals surface area contributed by atoms with Gasteiger partial charge in [0.2, 0.25) is 0 Å². The van der Waals surface area contributed by atoms with E-state index >= 15 is 0 Å². The number of carbonyl (C=O) groups is 2. The molecular weight excluding hydrogens is 415 g/mol. The standard InChI is InChI=1S/C23H25N2O3PS/c1-3-28-29(2)13-12-21(26)16-6-8-17(9-7-16)23(27)25-20-15-18(10-11-19(20)24)22-5-4-14-30-22/h4-11,14-15H,3,12-13,24H2,1-2H3,(H,25,27). The molecule has 3 N–H and O–H groups in total. The smallest absolute Gasteiger partial charge is 0.255 e. The lowest BCUT2D eigenvalue weighted by atomic mass is 10.1. The van der Waals surface area contributed by atoms with Crippen molar-refractivity contribution in [3.63, 3.8) is 0 Å². The minimum atomic E-state index is -0.564. The molecule has 1 heterocycles. The molecule has 0 aliphatic heterocycles. The number of hydrogen-bond acceptors (Lipinski definition) is 5. The minimum absolute atomic E-state index is 0.0592. The summed E-state index contributed by atoms with van der Waals surface area (Å²) in [6.45, 7) is 4.65. The van der Waals surface area contributed by atoms with Crippen LogP contribution in [0, 0.1) is 0 Å². The van der Waals surface area contributed by atoms with Gasteiger partial charge < -0.3 is 15.6 Å². The number of hydrogen-bond donors (Lipinski definition) is 2. The Kier molecular flexibility index (Phi) is 7.75. The number of benzene rings is 2.